The number of rotatable bonds is 5. The molecule has 1 saturated heterocycles. The maximum atomic E-state index is 11.6. The number of benzene rings is 1. The molecule has 6 nitrogen and oxygen atoms in total. The summed E-state index contributed by atoms with van der Waals surface area (Å²) in [6, 6.07) is 7.49. The Morgan fingerprint density at radius 1 is 1.15 bits per heavy atom. The summed E-state index contributed by atoms with van der Waals surface area (Å²) in [5.74, 6) is -0.0623. The minimum absolute atomic E-state index is 0.0623. The molecule has 1 heterocycles. The molecule has 2 rings (SSSR count). The zero-order chi connectivity index (χ0) is 14.6. The van der Waals surface area contributed by atoms with Crippen LogP contribution in [0.15, 0.2) is 24.3 Å². The van der Waals surface area contributed by atoms with Crippen molar-refractivity contribution >= 4 is 21.4 Å². The fourth-order valence-corrected chi connectivity index (χ4v) is 3.10. The van der Waals surface area contributed by atoms with E-state index in [1.807, 2.05) is 12.1 Å². The van der Waals surface area contributed by atoms with E-state index in [4.69, 9.17) is 5.73 Å². The third kappa shape index (κ3) is 4.09. The fourth-order valence-electron chi connectivity index (χ4n) is 2.19. The van der Waals surface area contributed by atoms with Crippen LogP contribution in [0.3, 0.4) is 0 Å². The maximum Gasteiger partial charge on any atom is 0.233 e. The van der Waals surface area contributed by atoms with Crippen LogP contribution in [0, 0.1) is 0 Å². The first-order valence-corrected chi connectivity index (χ1v) is 8.39. The van der Waals surface area contributed by atoms with Crippen molar-refractivity contribution in [3.63, 3.8) is 0 Å². The van der Waals surface area contributed by atoms with Gasteiger partial charge < -0.3 is 15.5 Å². The first kappa shape index (κ1) is 15.1. The van der Waals surface area contributed by atoms with Crippen molar-refractivity contribution in [2.45, 2.75) is 0 Å². The lowest BCUT2D eigenvalue weighted by Gasteiger charge is -2.34. The van der Waals surface area contributed by atoms with Gasteiger partial charge in [0.25, 0.3) is 0 Å². The van der Waals surface area contributed by atoms with Crippen molar-refractivity contribution in [2.24, 2.45) is 5.73 Å². The van der Waals surface area contributed by atoms with Gasteiger partial charge in [0.15, 0.2) is 0 Å². The summed E-state index contributed by atoms with van der Waals surface area (Å²) in [6.07, 6.45) is 0. The van der Waals surface area contributed by atoms with E-state index in [0.29, 0.717) is 5.69 Å². The Labute approximate surface area is 120 Å². The van der Waals surface area contributed by atoms with E-state index >= 15 is 0 Å². The number of hydrogen-bond acceptors (Lipinski definition) is 5. The van der Waals surface area contributed by atoms with Gasteiger partial charge in [-0.3, -0.25) is 4.72 Å². The number of nitrogens with two attached hydrogens (primary N) is 1. The second kappa shape index (κ2) is 6.43. The van der Waals surface area contributed by atoms with E-state index in [0.717, 1.165) is 31.9 Å². The number of anilines is 2. The Morgan fingerprint density at radius 3 is 2.30 bits per heavy atom. The van der Waals surface area contributed by atoms with Gasteiger partial charge in [0.05, 0.1) is 5.75 Å². The molecule has 0 atom stereocenters. The number of likely N-dealkylation sites (N-methyl/N-ethyl adjacent to an activating group) is 1. The van der Waals surface area contributed by atoms with Crippen LogP contribution in [0.4, 0.5) is 11.4 Å². The van der Waals surface area contributed by atoms with E-state index in [-0.39, 0.29) is 12.3 Å². The summed E-state index contributed by atoms with van der Waals surface area (Å²) >= 11 is 0. The first-order valence-electron chi connectivity index (χ1n) is 6.74. The largest absolute Gasteiger partial charge is 0.369 e. The molecule has 1 aromatic rings. The van der Waals surface area contributed by atoms with E-state index in [1.165, 1.54) is 0 Å². The van der Waals surface area contributed by atoms with Crippen LogP contribution in [0.25, 0.3) is 0 Å². The van der Waals surface area contributed by atoms with Crippen molar-refractivity contribution in [1.82, 2.24) is 4.90 Å². The Kier molecular flexibility index (Phi) is 4.85. The monoisotopic (exact) mass is 298 g/mol. The summed E-state index contributed by atoms with van der Waals surface area (Å²) in [4.78, 5) is 4.60. The van der Waals surface area contributed by atoms with Crippen molar-refractivity contribution in [3.8, 4) is 0 Å². The van der Waals surface area contributed by atoms with E-state index in [9.17, 15) is 8.42 Å². The van der Waals surface area contributed by atoms with Crippen LogP contribution in [0.2, 0.25) is 0 Å². The molecular weight excluding hydrogens is 276 g/mol. The van der Waals surface area contributed by atoms with Gasteiger partial charge in [0.2, 0.25) is 10.0 Å². The third-order valence-corrected chi connectivity index (χ3v) is 4.72. The Bertz CT molecular complexity index is 522. The molecule has 0 unspecified atom stereocenters. The Hall–Kier alpha value is -1.31. The molecule has 0 radical (unpaired) electrons. The second-order valence-electron chi connectivity index (χ2n) is 5.05. The average Bonchev–Trinajstić information content (AvgIpc) is 2.40. The van der Waals surface area contributed by atoms with Crippen LogP contribution in [-0.2, 0) is 10.0 Å². The lowest BCUT2D eigenvalue weighted by atomic mass is 10.2. The van der Waals surface area contributed by atoms with Crippen molar-refractivity contribution in [3.05, 3.63) is 24.3 Å². The van der Waals surface area contributed by atoms with Gasteiger partial charge in [-0.2, -0.15) is 0 Å². The minimum Gasteiger partial charge on any atom is -0.369 e. The molecule has 1 fully saturated rings. The van der Waals surface area contributed by atoms with Crippen LogP contribution < -0.4 is 15.4 Å². The number of piperazine rings is 1. The molecule has 112 valence electrons. The molecule has 0 amide bonds. The molecule has 1 aliphatic rings. The van der Waals surface area contributed by atoms with Crippen LogP contribution in [0.1, 0.15) is 0 Å². The van der Waals surface area contributed by atoms with Gasteiger partial charge in [-0.1, -0.05) is 0 Å². The quantitative estimate of drug-likeness (QED) is 0.808. The standard InChI is InChI=1S/C13H22N4O2S/c1-16-7-9-17(10-8-16)13-4-2-12(3-5-13)15-20(18,19)11-6-14/h2-5,15H,6-11,14H2,1H3. The summed E-state index contributed by atoms with van der Waals surface area (Å²) in [5.41, 5.74) is 6.98. The molecule has 0 aliphatic carbocycles. The summed E-state index contributed by atoms with van der Waals surface area (Å²) in [5, 5.41) is 0. The second-order valence-corrected chi connectivity index (χ2v) is 6.89. The summed E-state index contributed by atoms with van der Waals surface area (Å²) in [6.45, 7) is 4.20. The summed E-state index contributed by atoms with van der Waals surface area (Å²) < 4.78 is 25.8. The molecule has 7 heteroatoms. The molecule has 0 aromatic heterocycles. The highest BCUT2D eigenvalue weighted by Crippen LogP contribution is 2.19. The highest BCUT2D eigenvalue weighted by molar-refractivity contribution is 7.92. The third-order valence-electron chi connectivity index (χ3n) is 3.40. The van der Waals surface area contributed by atoms with Crippen molar-refractivity contribution in [2.75, 3.05) is 55.1 Å². The SMILES string of the molecule is CN1CCN(c2ccc(NS(=O)(=O)CCN)cc2)CC1. The van der Waals surface area contributed by atoms with Gasteiger partial charge in [0.1, 0.15) is 0 Å². The molecule has 0 bridgehead atoms. The Balaban J connectivity index is 1.99. The van der Waals surface area contributed by atoms with E-state index in [1.54, 1.807) is 12.1 Å². The molecule has 1 aromatic carbocycles. The number of nitrogens with zero attached hydrogens (tertiary/aromatic N) is 2. The van der Waals surface area contributed by atoms with Crippen molar-refractivity contribution in [1.29, 1.82) is 0 Å². The van der Waals surface area contributed by atoms with Crippen LogP contribution in [0.5, 0.6) is 0 Å². The highest BCUT2D eigenvalue weighted by Gasteiger charge is 2.14. The highest BCUT2D eigenvalue weighted by atomic mass is 32.2. The lowest BCUT2D eigenvalue weighted by Crippen LogP contribution is -2.44. The van der Waals surface area contributed by atoms with Crippen molar-refractivity contribution < 1.29 is 8.42 Å². The molecule has 0 saturated carbocycles. The first-order chi connectivity index (χ1) is 9.50. The predicted molar refractivity (Wildman–Crippen MR) is 82.6 cm³/mol. The maximum absolute atomic E-state index is 11.6. The smallest absolute Gasteiger partial charge is 0.233 e. The van der Waals surface area contributed by atoms with E-state index < -0.39 is 10.0 Å². The number of sulfonamides is 1. The minimum atomic E-state index is -3.32. The molecule has 1 aliphatic heterocycles. The number of nitrogens with one attached hydrogen (secondary N) is 1. The zero-order valence-electron chi connectivity index (χ0n) is 11.7. The van der Waals surface area contributed by atoms with Crippen LogP contribution >= 0.6 is 0 Å². The van der Waals surface area contributed by atoms with Gasteiger partial charge in [0, 0.05) is 44.1 Å². The Morgan fingerprint density at radius 2 is 1.75 bits per heavy atom. The molecule has 20 heavy (non-hydrogen) atoms. The predicted octanol–water partition coefficient (Wildman–Crippen LogP) is 0.139. The van der Waals surface area contributed by atoms with Gasteiger partial charge >= 0.3 is 0 Å². The van der Waals surface area contributed by atoms with E-state index in [2.05, 4.69) is 21.6 Å². The molecular formula is C13H22N4O2S. The zero-order valence-corrected chi connectivity index (χ0v) is 12.6. The topological polar surface area (TPSA) is 78.7 Å². The lowest BCUT2D eigenvalue weighted by molar-refractivity contribution is 0.313. The van der Waals surface area contributed by atoms with Gasteiger partial charge in [-0.05, 0) is 31.3 Å². The normalized spacial score (nSPS) is 17.2. The molecule has 0 spiro atoms. The summed E-state index contributed by atoms with van der Waals surface area (Å²) in [7, 11) is -1.21. The number of hydrogen-bond donors (Lipinski definition) is 2. The van der Waals surface area contributed by atoms with Gasteiger partial charge in [-0.25, -0.2) is 8.42 Å². The van der Waals surface area contributed by atoms with Gasteiger partial charge in [-0.15, -0.1) is 0 Å². The fraction of sp³-hybridized carbons (Fsp3) is 0.538. The average molecular weight is 298 g/mol. The molecule has 3 N–H and O–H groups in total. The van der Waals surface area contributed by atoms with Crippen LogP contribution in [-0.4, -0.2) is 58.8 Å².